The fraction of sp³-hybridized carbons (Fsp3) is 0.478. The lowest BCUT2D eigenvalue weighted by Crippen LogP contribution is -2.49. The number of aliphatic hydroxyl groups excluding tert-OH is 1. The minimum Gasteiger partial charge on any atom is -0.497 e. The molecule has 1 N–H and O–H groups in total. The molecule has 30 heavy (non-hydrogen) atoms. The molecule has 1 saturated heterocycles. The van der Waals surface area contributed by atoms with Crippen LogP contribution in [-0.2, 0) is 0 Å². The zero-order valence-electron chi connectivity index (χ0n) is 18.3. The van der Waals surface area contributed by atoms with Crippen molar-refractivity contribution in [1.82, 2.24) is 4.90 Å². The predicted octanol–water partition coefficient (Wildman–Crippen LogP) is 4.03. The third-order valence-electron chi connectivity index (χ3n) is 5.30. The number of β-amino-alcohol motifs (C(OH)–C–C–N with tert-alkyl or cyclic N) is 1. The Morgan fingerprint density at radius 3 is 2.03 bits per heavy atom. The number of aliphatic hydroxyl groups is 1. The second kappa shape index (κ2) is 12.3. The van der Waals surface area contributed by atoms with Gasteiger partial charge in [0.25, 0.3) is 0 Å². The van der Waals surface area contributed by atoms with Crippen LogP contribution in [0.2, 0.25) is 0 Å². The van der Waals surface area contributed by atoms with Gasteiger partial charge in [-0.25, -0.2) is 0 Å². The standard InChI is InChI=1S/C23H32N2O3.2ClH/c1-17-13-18(2)23(19(3)14-17)28-16-21(26)15-24-9-11-25(12-10-24)20-5-7-22(27-4)8-6-20;;/h5-8,13-14,21,26H,9-12,15-16H2,1-4H3;2*1H. The fourth-order valence-electron chi connectivity index (χ4n) is 3.91. The van der Waals surface area contributed by atoms with Crippen LogP contribution in [0.4, 0.5) is 5.69 Å². The number of nitrogens with zero attached hydrogens (tertiary/aromatic N) is 2. The van der Waals surface area contributed by atoms with Crippen LogP contribution in [0.25, 0.3) is 0 Å². The minimum atomic E-state index is -0.493. The summed E-state index contributed by atoms with van der Waals surface area (Å²) < 4.78 is 11.2. The van der Waals surface area contributed by atoms with Crippen LogP contribution in [0.3, 0.4) is 0 Å². The van der Waals surface area contributed by atoms with Crippen molar-refractivity contribution in [3.8, 4) is 11.5 Å². The molecule has 0 bridgehead atoms. The molecule has 7 heteroatoms. The summed E-state index contributed by atoms with van der Waals surface area (Å²) in [7, 11) is 1.68. The normalized spacial score (nSPS) is 15.0. The zero-order valence-corrected chi connectivity index (χ0v) is 19.9. The number of hydrogen-bond acceptors (Lipinski definition) is 5. The third kappa shape index (κ3) is 6.95. The van der Waals surface area contributed by atoms with E-state index in [-0.39, 0.29) is 24.8 Å². The molecule has 0 saturated carbocycles. The lowest BCUT2D eigenvalue weighted by Gasteiger charge is -2.37. The topological polar surface area (TPSA) is 45.2 Å². The molecule has 0 radical (unpaired) electrons. The quantitative estimate of drug-likeness (QED) is 0.681. The number of hydrogen-bond donors (Lipinski definition) is 1. The Morgan fingerprint density at radius 2 is 1.50 bits per heavy atom. The van der Waals surface area contributed by atoms with Crippen LogP contribution in [-0.4, -0.2) is 62.6 Å². The second-order valence-electron chi connectivity index (χ2n) is 7.68. The van der Waals surface area contributed by atoms with E-state index in [1.807, 2.05) is 12.1 Å². The van der Waals surface area contributed by atoms with Crippen LogP contribution < -0.4 is 14.4 Å². The molecule has 1 unspecified atom stereocenters. The molecule has 0 aliphatic carbocycles. The summed E-state index contributed by atoms with van der Waals surface area (Å²) in [6.07, 6.45) is -0.493. The molecule has 1 fully saturated rings. The maximum absolute atomic E-state index is 10.4. The molecule has 2 aromatic carbocycles. The third-order valence-corrected chi connectivity index (χ3v) is 5.30. The summed E-state index contributed by atoms with van der Waals surface area (Å²) in [5, 5.41) is 10.4. The average Bonchev–Trinajstić information content (AvgIpc) is 2.68. The van der Waals surface area contributed by atoms with Gasteiger partial charge in [0.1, 0.15) is 24.2 Å². The van der Waals surface area contributed by atoms with Gasteiger partial charge in [-0.15, -0.1) is 24.8 Å². The van der Waals surface area contributed by atoms with Gasteiger partial charge in [-0.05, 0) is 56.2 Å². The van der Waals surface area contributed by atoms with Gasteiger partial charge in [0.15, 0.2) is 0 Å². The summed E-state index contributed by atoms with van der Waals surface area (Å²) in [6.45, 7) is 10.9. The number of methoxy groups -OCH3 is 1. The van der Waals surface area contributed by atoms with Crippen molar-refractivity contribution in [3.05, 3.63) is 53.1 Å². The Hall–Kier alpha value is -1.66. The number of anilines is 1. The lowest BCUT2D eigenvalue weighted by molar-refractivity contribution is 0.0658. The molecule has 1 atom stereocenters. The molecular formula is C23H34Cl2N2O3. The van der Waals surface area contributed by atoms with Crippen molar-refractivity contribution in [1.29, 1.82) is 0 Å². The number of piperazine rings is 1. The Bertz CT molecular complexity index is 756. The number of rotatable bonds is 7. The summed E-state index contributed by atoms with van der Waals surface area (Å²) in [6, 6.07) is 12.4. The summed E-state index contributed by atoms with van der Waals surface area (Å²) in [4.78, 5) is 4.68. The number of benzene rings is 2. The molecule has 1 heterocycles. The number of halogens is 2. The first-order chi connectivity index (χ1) is 13.5. The summed E-state index contributed by atoms with van der Waals surface area (Å²) in [5.74, 6) is 1.78. The molecule has 5 nitrogen and oxygen atoms in total. The van der Waals surface area contributed by atoms with Crippen molar-refractivity contribution < 1.29 is 14.6 Å². The highest BCUT2D eigenvalue weighted by atomic mass is 35.5. The molecule has 2 aromatic rings. The van der Waals surface area contributed by atoms with Crippen LogP contribution in [0.1, 0.15) is 16.7 Å². The highest BCUT2D eigenvalue weighted by Gasteiger charge is 2.20. The lowest BCUT2D eigenvalue weighted by atomic mass is 10.1. The van der Waals surface area contributed by atoms with Gasteiger partial charge in [-0.2, -0.15) is 0 Å². The van der Waals surface area contributed by atoms with Crippen LogP contribution in [0.5, 0.6) is 11.5 Å². The first-order valence-corrected chi connectivity index (χ1v) is 9.96. The highest BCUT2D eigenvalue weighted by molar-refractivity contribution is 5.85. The Morgan fingerprint density at radius 1 is 0.933 bits per heavy atom. The van der Waals surface area contributed by atoms with Crippen molar-refractivity contribution in [2.75, 3.05) is 51.3 Å². The molecule has 0 spiro atoms. The van der Waals surface area contributed by atoms with Crippen LogP contribution in [0.15, 0.2) is 36.4 Å². The largest absolute Gasteiger partial charge is 0.497 e. The van der Waals surface area contributed by atoms with E-state index in [2.05, 4.69) is 54.8 Å². The second-order valence-corrected chi connectivity index (χ2v) is 7.68. The van der Waals surface area contributed by atoms with E-state index in [0.29, 0.717) is 13.2 Å². The smallest absolute Gasteiger partial charge is 0.125 e. The first-order valence-electron chi connectivity index (χ1n) is 9.96. The SMILES string of the molecule is COc1ccc(N2CCN(CC(O)COc3c(C)cc(C)cc3C)CC2)cc1.Cl.Cl. The van der Waals surface area contributed by atoms with E-state index in [1.54, 1.807) is 7.11 Å². The predicted molar refractivity (Wildman–Crippen MR) is 128 cm³/mol. The maximum atomic E-state index is 10.4. The Kier molecular flexibility index (Phi) is 10.8. The fourth-order valence-corrected chi connectivity index (χ4v) is 3.91. The summed E-state index contributed by atoms with van der Waals surface area (Å²) >= 11 is 0. The molecule has 0 amide bonds. The van der Waals surface area contributed by atoms with Gasteiger partial charge < -0.3 is 19.5 Å². The number of aryl methyl sites for hydroxylation is 3. The van der Waals surface area contributed by atoms with Gasteiger partial charge in [-0.1, -0.05) is 17.7 Å². The maximum Gasteiger partial charge on any atom is 0.125 e. The van der Waals surface area contributed by atoms with E-state index in [1.165, 1.54) is 11.3 Å². The van der Waals surface area contributed by atoms with E-state index >= 15 is 0 Å². The molecule has 1 aliphatic heterocycles. The summed E-state index contributed by atoms with van der Waals surface area (Å²) in [5.41, 5.74) is 4.70. The molecule has 1 aliphatic rings. The average molecular weight is 457 g/mol. The molecule has 168 valence electrons. The first kappa shape index (κ1) is 26.4. The van der Waals surface area contributed by atoms with E-state index in [0.717, 1.165) is 48.8 Å². The Labute approximate surface area is 192 Å². The monoisotopic (exact) mass is 456 g/mol. The molecule has 3 rings (SSSR count). The molecular weight excluding hydrogens is 423 g/mol. The van der Waals surface area contributed by atoms with Crippen LogP contribution >= 0.6 is 24.8 Å². The van der Waals surface area contributed by atoms with Crippen molar-refractivity contribution >= 4 is 30.5 Å². The van der Waals surface area contributed by atoms with Gasteiger partial charge in [0, 0.05) is 38.4 Å². The van der Waals surface area contributed by atoms with Gasteiger partial charge in [-0.3, -0.25) is 4.90 Å². The van der Waals surface area contributed by atoms with Gasteiger partial charge >= 0.3 is 0 Å². The zero-order chi connectivity index (χ0) is 20.1. The minimum absolute atomic E-state index is 0. The van der Waals surface area contributed by atoms with Gasteiger partial charge in [0.2, 0.25) is 0 Å². The van der Waals surface area contributed by atoms with E-state index < -0.39 is 6.10 Å². The van der Waals surface area contributed by atoms with Crippen molar-refractivity contribution in [3.63, 3.8) is 0 Å². The Balaban J connectivity index is 0.00000225. The van der Waals surface area contributed by atoms with Crippen molar-refractivity contribution in [2.45, 2.75) is 26.9 Å². The highest BCUT2D eigenvalue weighted by Crippen LogP contribution is 2.25. The van der Waals surface area contributed by atoms with E-state index in [4.69, 9.17) is 9.47 Å². The van der Waals surface area contributed by atoms with Crippen molar-refractivity contribution in [2.24, 2.45) is 0 Å². The van der Waals surface area contributed by atoms with Gasteiger partial charge in [0.05, 0.1) is 7.11 Å². The molecule has 0 aromatic heterocycles. The van der Waals surface area contributed by atoms with Crippen LogP contribution in [0, 0.1) is 20.8 Å². The van der Waals surface area contributed by atoms with E-state index in [9.17, 15) is 5.11 Å². The number of ether oxygens (including phenoxy) is 2.